The van der Waals surface area contributed by atoms with Crippen molar-refractivity contribution in [3.63, 3.8) is 0 Å². The van der Waals surface area contributed by atoms with E-state index in [9.17, 15) is 72.5 Å². The van der Waals surface area contributed by atoms with E-state index < -0.39 is 127 Å². The van der Waals surface area contributed by atoms with Crippen LogP contribution in [0.5, 0.6) is 0 Å². The van der Waals surface area contributed by atoms with Crippen molar-refractivity contribution in [3.05, 3.63) is 94.5 Å². The second-order valence-electron chi connectivity index (χ2n) is 32.0. The van der Waals surface area contributed by atoms with Crippen LogP contribution in [0.25, 0.3) is 0 Å². The molecule has 1 aromatic heterocycles. The van der Waals surface area contributed by atoms with Gasteiger partial charge < -0.3 is 83.5 Å². The number of hydrogen-bond acceptors (Lipinski definition) is 18. The van der Waals surface area contributed by atoms with Crippen LogP contribution >= 0.6 is 0 Å². The third-order valence-electron chi connectivity index (χ3n) is 20.7. The van der Waals surface area contributed by atoms with Crippen LogP contribution in [0.4, 0.5) is 11.4 Å². The number of carboxylic acids is 2. The number of unbranched alkanes of at least 4 members (excludes halogenated alkanes) is 4. The predicted octanol–water partition coefficient (Wildman–Crippen LogP) is 5.84. The van der Waals surface area contributed by atoms with Gasteiger partial charge in [0.25, 0.3) is 0 Å². The van der Waals surface area contributed by atoms with Crippen molar-refractivity contribution >= 4 is 94.0 Å². The molecule has 3 heterocycles. The molecule has 33 nitrogen and oxygen atoms in total. The molecule has 0 bridgehead atoms. The Balaban J connectivity index is 0.000000501. The van der Waals surface area contributed by atoms with E-state index in [-0.39, 0.29) is 66.4 Å². The fourth-order valence-corrected chi connectivity index (χ4v) is 13.7. The molecule has 33 heteroatoms. The minimum absolute atomic E-state index is 0.0174. The summed E-state index contributed by atoms with van der Waals surface area (Å²) in [5, 5.41) is 52.6. The van der Waals surface area contributed by atoms with Crippen LogP contribution in [-0.2, 0) is 95.6 Å². The minimum atomic E-state index is -1.62. The highest BCUT2D eigenvalue weighted by Crippen LogP contribution is 2.48. The van der Waals surface area contributed by atoms with E-state index in [0.29, 0.717) is 71.6 Å². The number of carbonyl (C=O) groups is 13. The number of allylic oxidation sites excluding steroid dienone is 4. The molecule has 3 aromatic rings. The lowest BCUT2D eigenvalue weighted by Crippen LogP contribution is -2.60. The number of nitrogens with zero attached hydrogens (tertiary/aromatic N) is 5. The van der Waals surface area contributed by atoms with Crippen molar-refractivity contribution in [2.24, 2.45) is 17.6 Å². The first-order chi connectivity index (χ1) is 56.3. The Kier molecular flexibility index (Phi) is 43.4. The number of aliphatic carboxylic acids is 2. The van der Waals surface area contributed by atoms with Gasteiger partial charge in [0.2, 0.25) is 70.7 Å². The molecule has 11 amide bonds. The SMILES string of the molecule is CCCCN1/C(=C/C=C/C2=[N+](CCCCCC(=O)NCCCn3cc(CCC(=O)NCCOCC)nn3)c3ccc(C)cc3C2(C)C)C(C)(C)c2cc(C)ccc21.CCOCC(=O)NCCCC[C@H](NC(=O)[C@H](CCC(=O)O)NC(=O)[C@H](CCC(=O)O)NC(=O)[C@H](C)NC(=O)[C@H](C)NC(=O)[C@@H](NC(=O)[C@@H](NC(=O)CC)C(C)C)C(C)C)C(N)=O. The number of carboxylic acid groups (broad SMARTS) is 2. The van der Waals surface area contributed by atoms with Gasteiger partial charge in [-0.15, -0.1) is 5.10 Å². The average Bonchev–Trinajstić information content (AvgIpc) is 1.59. The number of ether oxygens (including phenoxy) is 2. The van der Waals surface area contributed by atoms with E-state index in [4.69, 9.17) is 15.2 Å². The first-order valence-electron chi connectivity index (χ1n) is 42.0. The molecule has 119 heavy (non-hydrogen) atoms. The van der Waals surface area contributed by atoms with Crippen molar-refractivity contribution in [3.8, 4) is 0 Å². The Morgan fingerprint density at radius 2 is 1.10 bits per heavy atom. The van der Waals surface area contributed by atoms with E-state index in [0.717, 1.165) is 57.3 Å². The van der Waals surface area contributed by atoms with Crippen LogP contribution in [0.3, 0.4) is 0 Å². The van der Waals surface area contributed by atoms with Gasteiger partial charge in [0.05, 0.1) is 17.7 Å². The number of benzene rings is 2. The quantitative estimate of drug-likeness (QED) is 0.0233. The monoisotopic (exact) mass is 1660 g/mol. The van der Waals surface area contributed by atoms with Gasteiger partial charge in [-0.1, -0.05) is 102 Å². The smallest absolute Gasteiger partial charge is 0.303 e. The Bertz CT molecular complexity index is 4020. The highest BCUT2D eigenvalue weighted by Gasteiger charge is 2.45. The van der Waals surface area contributed by atoms with E-state index in [1.165, 1.54) is 58.9 Å². The number of aromatic nitrogens is 3. The number of carbonyl (C=O) groups excluding carboxylic acids is 11. The zero-order chi connectivity index (χ0) is 88.7. The lowest BCUT2D eigenvalue weighted by Gasteiger charge is -2.28. The van der Waals surface area contributed by atoms with Crippen molar-refractivity contribution in [1.29, 1.82) is 0 Å². The molecule has 0 fully saturated rings. The number of primary amides is 1. The maximum Gasteiger partial charge on any atom is 0.303 e. The summed E-state index contributed by atoms with van der Waals surface area (Å²) in [5.74, 6) is -10.2. The number of fused-ring (bicyclic) bond motifs is 2. The summed E-state index contributed by atoms with van der Waals surface area (Å²) in [6, 6.07) is 4.64. The standard InChI is InChI=1S/C47H67N7O3.C39H67N9O14/c1-9-11-29-53-40-23-20-35(3)32-38(40)46(5,6)42(53)17-15-18-43-47(7,8)39-33-36(4)21-24-41(39)54(43)30-14-12-13-19-44(55)48-26-16-28-52-34-37(50-51-52)22-25-45(56)49-27-31-57-10-2;1-9-27(49)47-31(20(3)4)39(61)48-32(21(5)6)38(60)43-22(7)34(56)42-23(8)35(57)45-25(14-16-29(51)52)37(59)46-26(15-17-30(53)54)36(58)44-24(33(40)55)13-11-12-18-41-28(50)19-62-10-2/h15,17-18,20-21,23-24,32-34H,9-14,16,19,22,25-31H2,1-8H3,(H-,48,49,55,56);20-26,31-32H,9-19H2,1-8H3,(H2,40,55)(H,41,50)(H,42,56)(H,43,60)(H,44,58)(H,45,57)(H,46,59)(H,47,49)(H,48,61)(H,51,52)(H,53,54)/p+1/t;22-,23-,24-,25-,26-,31-,32-/m.0/s1. The number of aryl methyl sites for hydroxylation is 4. The molecular weight excluding hydrogens is 1530 g/mol. The molecule has 0 spiro atoms. The van der Waals surface area contributed by atoms with Gasteiger partial charge in [-0.25, -0.2) is 0 Å². The summed E-state index contributed by atoms with van der Waals surface area (Å²) >= 11 is 0. The Morgan fingerprint density at radius 1 is 0.546 bits per heavy atom. The van der Waals surface area contributed by atoms with Gasteiger partial charge >= 0.3 is 11.9 Å². The van der Waals surface area contributed by atoms with Gasteiger partial charge in [-0.2, -0.15) is 4.58 Å². The topological polar surface area (TPSA) is 464 Å². The van der Waals surface area contributed by atoms with Crippen LogP contribution in [0.2, 0.25) is 0 Å². The van der Waals surface area contributed by atoms with Gasteiger partial charge in [-0.3, -0.25) is 67.0 Å². The van der Waals surface area contributed by atoms with Gasteiger partial charge in [-0.05, 0) is 149 Å². The summed E-state index contributed by atoms with van der Waals surface area (Å²) < 4.78 is 14.6. The summed E-state index contributed by atoms with van der Waals surface area (Å²) in [5.41, 5.74) is 16.8. The largest absolute Gasteiger partial charge is 0.481 e. The van der Waals surface area contributed by atoms with Crippen LogP contribution in [0, 0.1) is 25.7 Å². The van der Waals surface area contributed by atoms with Gasteiger partial charge in [0, 0.05) is 132 Å². The van der Waals surface area contributed by atoms with Crippen molar-refractivity contribution < 1.29 is 86.6 Å². The number of hydrogen-bond donors (Lipinski definition) is 13. The first-order valence-corrected chi connectivity index (χ1v) is 42.0. The summed E-state index contributed by atoms with van der Waals surface area (Å²) in [7, 11) is 0. The highest BCUT2D eigenvalue weighted by molar-refractivity contribution is 6.03. The van der Waals surface area contributed by atoms with Crippen molar-refractivity contribution in [1.82, 2.24) is 68.2 Å². The molecule has 2 aliphatic heterocycles. The molecule has 5 rings (SSSR count). The molecule has 0 unspecified atom stereocenters. The second-order valence-corrected chi connectivity index (χ2v) is 32.0. The minimum Gasteiger partial charge on any atom is -0.481 e. The molecule has 0 saturated carbocycles. The maximum atomic E-state index is 13.5. The average molecular weight is 1670 g/mol. The third kappa shape index (κ3) is 33.7. The molecule has 14 N–H and O–H groups in total. The molecule has 2 aromatic carbocycles. The molecule has 660 valence electrons. The number of anilines is 1. The maximum absolute atomic E-state index is 13.5. The van der Waals surface area contributed by atoms with Crippen LogP contribution < -0.4 is 63.8 Å². The molecule has 7 atom stereocenters. The Hall–Kier alpha value is -10.4. The highest BCUT2D eigenvalue weighted by atomic mass is 16.5. The molecule has 0 radical (unpaired) electrons. The molecular formula is C86H135N16O17+. The first kappa shape index (κ1) is 101. The lowest BCUT2D eigenvalue weighted by molar-refractivity contribution is -0.438. The predicted molar refractivity (Wildman–Crippen MR) is 453 cm³/mol. The number of nitrogens with two attached hydrogens (primary N) is 1. The van der Waals surface area contributed by atoms with Crippen molar-refractivity contribution in [2.45, 2.75) is 280 Å². The van der Waals surface area contributed by atoms with E-state index in [1.54, 1.807) is 46.2 Å². The van der Waals surface area contributed by atoms with Crippen LogP contribution in [0.15, 0.2) is 66.5 Å². The molecule has 2 aliphatic rings. The van der Waals surface area contributed by atoms with Crippen molar-refractivity contribution in [2.75, 3.05) is 64.1 Å². The van der Waals surface area contributed by atoms with Crippen LogP contribution in [0.1, 0.15) is 228 Å². The van der Waals surface area contributed by atoms with E-state index >= 15 is 0 Å². The fraction of sp³-hybridized carbons (Fsp3) is 0.628. The van der Waals surface area contributed by atoms with Gasteiger partial charge in [0.15, 0.2) is 5.71 Å². The van der Waals surface area contributed by atoms with E-state index in [2.05, 4.69) is 176 Å². The Morgan fingerprint density at radius 3 is 1.71 bits per heavy atom. The molecule has 0 aliphatic carbocycles. The molecule has 0 saturated heterocycles. The second kappa shape index (κ2) is 51.1. The number of rotatable bonds is 53. The zero-order valence-electron chi connectivity index (χ0n) is 72.9. The summed E-state index contributed by atoms with van der Waals surface area (Å²) in [6.07, 6.45) is 14.9. The van der Waals surface area contributed by atoms with E-state index in [1.807, 2.05) is 13.1 Å². The number of nitrogens with one attached hydrogen (secondary N) is 10. The third-order valence-corrected chi connectivity index (χ3v) is 20.7. The summed E-state index contributed by atoms with van der Waals surface area (Å²) in [6.45, 7) is 36.0. The summed E-state index contributed by atoms with van der Waals surface area (Å²) in [4.78, 5) is 165. The normalized spacial score (nSPS) is 15.2. The van der Waals surface area contributed by atoms with Crippen LogP contribution in [-0.4, -0.2) is 214 Å². The number of amides is 11. The fourth-order valence-electron chi connectivity index (χ4n) is 13.7. The lowest BCUT2D eigenvalue weighted by atomic mass is 9.80. The van der Waals surface area contributed by atoms with Gasteiger partial charge in [0.1, 0.15) is 55.4 Å². The Labute approximate surface area is 701 Å². The zero-order valence-corrected chi connectivity index (χ0v) is 72.9.